The molecule has 3 fully saturated rings. The number of pyridine rings is 1. The lowest BCUT2D eigenvalue weighted by molar-refractivity contribution is 0.0718. The number of hydrogen-bond acceptors (Lipinski definition) is 4. The van der Waals surface area contributed by atoms with Crippen molar-refractivity contribution in [2.45, 2.75) is 25.4 Å². The van der Waals surface area contributed by atoms with Gasteiger partial charge in [0.25, 0.3) is 0 Å². The summed E-state index contributed by atoms with van der Waals surface area (Å²) in [5.41, 5.74) is 1.06. The van der Waals surface area contributed by atoms with Crippen molar-refractivity contribution in [1.82, 2.24) is 15.2 Å². The van der Waals surface area contributed by atoms with Crippen molar-refractivity contribution in [2.24, 2.45) is 5.92 Å². The Morgan fingerprint density at radius 2 is 2.22 bits per heavy atom. The SMILES string of the molecule is COc1cccc(CNC2CN3CCC2CC3)n1. The zero-order valence-electron chi connectivity index (χ0n) is 10.9. The summed E-state index contributed by atoms with van der Waals surface area (Å²) in [6, 6.07) is 6.58. The summed E-state index contributed by atoms with van der Waals surface area (Å²) in [6.45, 7) is 4.63. The quantitative estimate of drug-likeness (QED) is 0.869. The van der Waals surface area contributed by atoms with E-state index in [1.807, 2.05) is 12.1 Å². The molecule has 1 N–H and O–H groups in total. The molecule has 1 unspecified atom stereocenters. The minimum Gasteiger partial charge on any atom is -0.481 e. The summed E-state index contributed by atoms with van der Waals surface area (Å²) in [5, 5.41) is 3.66. The van der Waals surface area contributed by atoms with E-state index in [1.165, 1.54) is 32.5 Å². The predicted molar refractivity (Wildman–Crippen MR) is 70.6 cm³/mol. The highest BCUT2D eigenvalue weighted by Gasteiger charge is 2.33. The van der Waals surface area contributed by atoms with Crippen molar-refractivity contribution < 1.29 is 4.74 Å². The molecule has 2 bridgehead atoms. The first-order valence-corrected chi connectivity index (χ1v) is 6.81. The Kier molecular flexibility index (Phi) is 3.48. The number of fused-ring (bicyclic) bond motifs is 3. The molecule has 0 spiro atoms. The van der Waals surface area contributed by atoms with E-state index in [-0.39, 0.29) is 0 Å². The van der Waals surface area contributed by atoms with Gasteiger partial charge in [-0.3, -0.25) is 0 Å². The Hall–Kier alpha value is -1.13. The summed E-state index contributed by atoms with van der Waals surface area (Å²) >= 11 is 0. The van der Waals surface area contributed by atoms with Crippen LogP contribution in [0.1, 0.15) is 18.5 Å². The molecule has 1 aromatic rings. The number of aromatic nitrogens is 1. The first-order chi connectivity index (χ1) is 8.85. The fourth-order valence-electron chi connectivity index (χ4n) is 3.10. The molecule has 0 aliphatic carbocycles. The van der Waals surface area contributed by atoms with Gasteiger partial charge in [-0.25, -0.2) is 4.98 Å². The average molecular weight is 247 g/mol. The van der Waals surface area contributed by atoms with Crippen LogP contribution in [-0.4, -0.2) is 42.7 Å². The van der Waals surface area contributed by atoms with E-state index >= 15 is 0 Å². The molecule has 4 nitrogen and oxygen atoms in total. The highest BCUT2D eigenvalue weighted by atomic mass is 16.5. The summed E-state index contributed by atoms with van der Waals surface area (Å²) < 4.78 is 5.15. The van der Waals surface area contributed by atoms with Crippen LogP contribution < -0.4 is 10.1 Å². The van der Waals surface area contributed by atoms with Crippen LogP contribution in [0.2, 0.25) is 0 Å². The number of methoxy groups -OCH3 is 1. The van der Waals surface area contributed by atoms with Gasteiger partial charge in [-0.1, -0.05) is 6.07 Å². The first kappa shape index (κ1) is 11.9. The molecule has 98 valence electrons. The normalized spacial score (nSPS) is 30.4. The summed E-state index contributed by atoms with van der Waals surface area (Å²) in [4.78, 5) is 7.01. The van der Waals surface area contributed by atoms with Gasteiger partial charge in [-0.2, -0.15) is 0 Å². The van der Waals surface area contributed by atoms with Crippen molar-refractivity contribution in [3.63, 3.8) is 0 Å². The van der Waals surface area contributed by atoms with Gasteiger partial charge in [-0.15, -0.1) is 0 Å². The van der Waals surface area contributed by atoms with E-state index in [0.29, 0.717) is 11.9 Å². The molecule has 4 rings (SSSR count). The molecule has 18 heavy (non-hydrogen) atoms. The Morgan fingerprint density at radius 1 is 1.39 bits per heavy atom. The Balaban J connectivity index is 1.57. The molecule has 0 saturated carbocycles. The van der Waals surface area contributed by atoms with Gasteiger partial charge in [0.05, 0.1) is 12.8 Å². The van der Waals surface area contributed by atoms with Crippen LogP contribution in [0.4, 0.5) is 0 Å². The maximum absolute atomic E-state index is 5.15. The van der Waals surface area contributed by atoms with Gasteiger partial charge >= 0.3 is 0 Å². The standard InChI is InChI=1S/C14H21N3O/c1-18-14-4-2-3-12(16-14)9-15-13-10-17-7-5-11(13)6-8-17/h2-4,11,13,15H,5-10H2,1H3. The zero-order valence-corrected chi connectivity index (χ0v) is 10.9. The van der Waals surface area contributed by atoms with Crippen LogP contribution in [0.25, 0.3) is 0 Å². The third kappa shape index (κ3) is 2.49. The molecule has 3 aliphatic rings. The number of nitrogens with zero attached hydrogens (tertiary/aromatic N) is 2. The molecule has 3 saturated heterocycles. The van der Waals surface area contributed by atoms with Crippen LogP contribution in [0, 0.1) is 5.92 Å². The fourth-order valence-corrected chi connectivity index (χ4v) is 3.10. The second-order valence-electron chi connectivity index (χ2n) is 5.30. The summed E-state index contributed by atoms with van der Waals surface area (Å²) in [5.74, 6) is 1.56. The third-order valence-electron chi connectivity index (χ3n) is 4.19. The number of ether oxygens (including phenoxy) is 1. The van der Waals surface area contributed by atoms with E-state index in [0.717, 1.165) is 18.2 Å². The molecule has 3 aliphatic heterocycles. The Bertz CT molecular complexity index is 402. The second kappa shape index (κ2) is 5.24. The van der Waals surface area contributed by atoms with Gasteiger partial charge < -0.3 is 15.0 Å². The van der Waals surface area contributed by atoms with Gasteiger partial charge in [0.2, 0.25) is 5.88 Å². The van der Waals surface area contributed by atoms with Gasteiger partial charge in [0.1, 0.15) is 0 Å². The monoisotopic (exact) mass is 247 g/mol. The first-order valence-electron chi connectivity index (χ1n) is 6.81. The predicted octanol–water partition coefficient (Wildman–Crippen LogP) is 1.27. The largest absolute Gasteiger partial charge is 0.481 e. The van der Waals surface area contributed by atoms with Crippen molar-refractivity contribution >= 4 is 0 Å². The average Bonchev–Trinajstić information content (AvgIpc) is 2.46. The molecule has 0 radical (unpaired) electrons. The van der Waals surface area contributed by atoms with E-state index in [4.69, 9.17) is 4.74 Å². The minimum absolute atomic E-state index is 0.639. The lowest BCUT2D eigenvalue weighted by Crippen LogP contribution is -2.55. The van der Waals surface area contributed by atoms with Crippen molar-refractivity contribution in [3.8, 4) is 5.88 Å². The molecule has 0 amide bonds. The lowest BCUT2D eigenvalue weighted by Gasteiger charge is -2.45. The van der Waals surface area contributed by atoms with E-state index in [9.17, 15) is 0 Å². The smallest absolute Gasteiger partial charge is 0.213 e. The number of nitrogens with one attached hydrogen (secondary N) is 1. The highest BCUT2D eigenvalue weighted by Crippen LogP contribution is 2.27. The summed E-state index contributed by atoms with van der Waals surface area (Å²) in [7, 11) is 1.66. The van der Waals surface area contributed by atoms with Crippen LogP contribution >= 0.6 is 0 Å². The van der Waals surface area contributed by atoms with Crippen molar-refractivity contribution in [3.05, 3.63) is 23.9 Å². The summed E-state index contributed by atoms with van der Waals surface area (Å²) in [6.07, 6.45) is 2.70. The molecule has 1 atom stereocenters. The molecule has 0 aromatic carbocycles. The molecule has 1 aromatic heterocycles. The number of piperidine rings is 3. The minimum atomic E-state index is 0.639. The van der Waals surface area contributed by atoms with Crippen LogP contribution in [0.3, 0.4) is 0 Å². The molecular weight excluding hydrogens is 226 g/mol. The van der Waals surface area contributed by atoms with E-state index in [1.54, 1.807) is 7.11 Å². The van der Waals surface area contributed by atoms with Crippen LogP contribution in [0.15, 0.2) is 18.2 Å². The topological polar surface area (TPSA) is 37.4 Å². The van der Waals surface area contributed by atoms with Crippen LogP contribution in [-0.2, 0) is 6.54 Å². The molecule has 4 heterocycles. The molecular formula is C14H21N3O. The number of rotatable bonds is 4. The lowest BCUT2D eigenvalue weighted by atomic mass is 9.84. The van der Waals surface area contributed by atoms with E-state index < -0.39 is 0 Å². The van der Waals surface area contributed by atoms with Crippen molar-refractivity contribution in [1.29, 1.82) is 0 Å². The highest BCUT2D eigenvalue weighted by molar-refractivity contribution is 5.15. The van der Waals surface area contributed by atoms with Crippen molar-refractivity contribution in [2.75, 3.05) is 26.7 Å². The maximum atomic E-state index is 5.15. The fraction of sp³-hybridized carbons (Fsp3) is 0.643. The maximum Gasteiger partial charge on any atom is 0.213 e. The third-order valence-corrected chi connectivity index (χ3v) is 4.19. The second-order valence-corrected chi connectivity index (χ2v) is 5.30. The Morgan fingerprint density at radius 3 is 2.89 bits per heavy atom. The van der Waals surface area contributed by atoms with Crippen LogP contribution in [0.5, 0.6) is 5.88 Å². The number of hydrogen-bond donors (Lipinski definition) is 1. The van der Waals surface area contributed by atoms with Gasteiger partial charge in [0.15, 0.2) is 0 Å². The van der Waals surface area contributed by atoms with E-state index in [2.05, 4.69) is 21.3 Å². The van der Waals surface area contributed by atoms with Gasteiger partial charge in [-0.05, 0) is 37.9 Å². The molecule has 4 heteroatoms. The van der Waals surface area contributed by atoms with Gasteiger partial charge in [0, 0.05) is 25.2 Å². The zero-order chi connectivity index (χ0) is 12.4. The Labute approximate surface area is 108 Å².